The average Bonchev–Trinajstić information content (AvgIpc) is 2.50. The molecule has 0 amide bonds. The van der Waals surface area contributed by atoms with Gasteiger partial charge in [-0.15, -0.1) is 0 Å². The van der Waals surface area contributed by atoms with Crippen molar-refractivity contribution in [1.29, 1.82) is 0 Å². The Morgan fingerprint density at radius 3 is 2.58 bits per heavy atom. The first-order chi connectivity index (χ1) is 11.2. The van der Waals surface area contributed by atoms with Crippen LogP contribution in [0.4, 0.5) is 5.82 Å². The van der Waals surface area contributed by atoms with E-state index in [0.717, 1.165) is 30.4 Å². The van der Waals surface area contributed by atoms with Crippen LogP contribution in [0.2, 0.25) is 0 Å². The van der Waals surface area contributed by atoms with Gasteiger partial charge in [0, 0.05) is 26.7 Å². The molecule has 0 spiro atoms. The smallest absolute Gasteiger partial charge is 0.191 e. The lowest BCUT2D eigenvalue weighted by molar-refractivity contribution is 0.346. The van der Waals surface area contributed by atoms with E-state index in [-0.39, 0.29) is 0 Å². The van der Waals surface area contributed by atoms with Crippen LogP contribution in [-0.4, -0.2) is 37.6 Å². The Bertz CT molecular complexity index is 517. The number of hydrogen-bond donors (Lipinski definition) is 2. The van der Waals surface area contributed by atoms with Crippen molar-refractivity contribution in [2.45, 2.75) is 60.0 Å². The maximum Gasteiger partial charge on any atom is 0.191 e. The lowest BCUT2D eigenvalue weighted by Gasteiger charge is -2.23. The van der Waals surface area contributed by atoms with Crippen LogP contribution >= 0.6 is 0 Å². The van der Waals surface area contributed by atoms with Crippen LogP contribution in [0.25, 0.3) is 0 Å². The molecule has 0 saturated heterocycles. The van der Waals surface area contributed by atoms with Crippen molar-refractivity contribution in [3.63, 3.8) is 0 Å². The number of hydrogen-bond acceptors (Lipinski definition) is 3. The Labute approximate surface area is 148 Å². The van der Waals surface area contributed by atoms with Crippen molar-refractivity contribution in [3.8, 4) is 0 Å². The van der Waals surface area contributed by atoms with Crippen LogP contribution in [0.5, 0.6) is 0 Å². The van der Waals surface area contributed by atoms with Crippen molar-refractivity contribution < 1.29 is 0 Å². The molecule has 0 aliphatic heterocycles. The molecule has 24 heavy (non-hydrogen) atoms. The minimum atomic E-state index is 0.363. The summed E-state index contributed by atoms with van der Waals surface area (Å²) in [6.45, 7) is 12.6. The van der Waals surface area contributed by atoms with Crippen LogP contribution in [0.3, 0.4) is 0 Å². The van der Waals surface area contributed by atoms with Crippen LogP contribution in [0.1, 0.15) is 53.2 Å². The van der Waals surface area contributed by atoms with Gasteiger partial charge in [-0.25, -0.2) is 9.98 Å². The summed E-state index contributed by atoms with van der Waals surface area (Å²) in [5, 5.41) is 6.82. The minimum Gasteiger partial charge on any atom is -0.363 e. The van der Waals surface area contributed by atoms with Gasteiger partial charge in [0.25, 0.3) is 0 Å². The van der Waals surface area contributed by atoms with E-state index < -0.39 is 0 Å². The number of anilines is 1. The molecule has 1 rings (SSSR count). The fraction of sp³-hybridized carbons (Fsp3) is 0.684. The molecule has 1 aromatic heterocycles. The van der Waals surface area contributed by atoms with Crippen molar-refractivity contribution >= 4 is 11.8 Å². The summed E-state index contributed by atoms with van der Waals surface area (Å²) < 4.78 is 0. The number of nitrogens with zero attached hydrogens (tertiary/aromatic N) is 3. The third-order valence-corrected chi connectivity index (χ3v) is 3.70. The lowest BCUT2D eigenvalue weighted by atomic mass is 9.89. The van der Waals surface area contributed by atoms with Crippen molar-refractivity contribution in [3.05, 3.63) is 23.9 Å². The molecular formula is C19H35N5. The number of aromatic nitrogens is 1. The summed E-state index contributed by atoms with van der Waals surface area (Å²) in [6, 6.07) is 6.44. The van der Waals surface area contributed by atoms with E-state index in [1.807, 2.05) is 37.2 Å². The maximum absolute atomic E-state index is 4.68. The molecule has 5 heteroatoms. The molecule has 1 aromatic rings. The Hall–Kier alpha value is -1.78. The fourth-order valence-corrected chi connectivity index (χ4v) is 2.24. The van der Waals surface area contributed by atoms with E-state index in [0.29, 0.717) is 18.0 Å². The highest BCUT2D eigenvalue weighted by atomic mass is 15.2. The third-order valence-electron chi connectivity index (χ3n) is 3.70. The van der Waals surface area contributed by atoms with E-state index in [4.69, 9.17) is 0 Å². The second-order valence-corrected chi connectivity index (χ2v) is 7.72. The second kappa shape index (κ2) is 9.50. The van der Waals surface area contributed by atoms with Gasteiger partial charge in [-0.05, 0) is 44.2 Å². The lowest BCUT2D eigenvalue weighted by Crippen LogP contribution is -2.42. The summed E-state index contributed by atoms with van der Waals surface area (Å²) in [4.78, 5) is 11.3. The monoisotopic (exact) mass is 333 g/mol. The summed E-state index contributed by atoms with van der Waals surface area (Å²) in [5.74, 6) is 1.81. The van der Waals surface area contributed by atoms with Crippen molar-refractivity contribution in [2.24, 2.45) is 10.4 Å². The van der Waals surface area contributed by atoms with Crippen molar-refractivity contribution in [1.82, 2.24) is 15.6 Å². The maximum atomic E-state index is 4.68. The van der Waals surface area contributed by atoms with E-state index in [2.05, 4.69) is 55.2 Å². The molecule has 1 heterocycles. The van der Waals surface area contributed by atoms with E-state index >= 15 is 0 Å². The first kappa shape index (κ1) is 20.3. The Balaban J connectivity index is 2.66. The van der Waals surface area contributed by atoms with E-state index in [9.17, 15) is 0 Å². The van der Waals surface area contributed by atoms with Crippen LogP contribution < -0.4 is 15.5 Å². The predicted octanol–water partition coefficient (Wildman–Crippen LogP) is 3.42. The molecule has 0 saturated carbocycles. The first-order valence-corrected chi connectivity index (χ1v) is 8.89. The van der Waals surface area contributed by atoms with Crippen LogP contribution in [-0.2, 0) is 6.54 Å². The van der Waals surface area contributed by atoms with Crippen LogP contribution in [0, 0.1) is 5.41 Å². The molecule has 0 aliphatic carbocycles. The largest absolute Gasteiger partial charge is 0.363 e. The third kappa shape index (κ3) is 8.18. The van der Waals surface area contributed by atoms with Crippen LogP contribution in [0.15, 0.2) is 23.2 Å². The summed E-state index contributed by atoms with van der Waals surface area (Å²) >= 11 is 0. The zero-order valence-corrected chi connectivity index (χ0v) is 16.5. The normalized spacial score (nSPS) is 13.5. The molecule has 0 aliphatic rings. The molecule has 1 atom stereocenters. The Morgan fingerprint density at radius 2 is 2.00 bits per heavy atom. The first-order valence-electron chi connectivity index (χ1n) is 8.89. The van der Waals surface area contributed by atoms with Gasteiger partial charge in [-0.1, -0.05) is 26.8 Å². The highest BCUT2D eigenvalue weighted by molar-refractivity contribution is 5.80. The van der Waals surface area contributed by atoms with Gasteiger partial charge in [-0.3, -0.25) is 0 Å². The van der Waals surface area contributed by atoms with Gasteiger partial charge < -0.3 is 15.5 Å². The van der Waals surface area contributed by atoms with E-state index in [1.165, 1.54) is 6.42 Å². The minimum absolute atomic E-state index is 0.363. The van der Waals surface area contributed by atoms with Gasteiger partial charge >= 0.3 is 0 Å². The summed E-state index contributed by atoms with van der Waals surface area (Å²) in [7, 11) is 4.00. The summed E-state index contributed by atoms with van der Waals surface area (Å²) in [5.41, 5.74) is 1.34. The SMILES string of the molecule is CCNC(=NCc1cccc(N(C)C)n1)NC(C)CCC(C)(C)C. The predicted molar refractivity (Wildman–Crippen MR) is 105 cm³/mol. The van der Waals surface area contributed by atoms with Gasteiger partial charge in [-0.2, -0.15) is 0 Å². The topological polar surface area (TPSA) is 52.6 Å². The second-order valence-electron chi connectivity index (χ2n) is 7.72. The standard InChI is InChI=1S/C19H35N5/c1-8-20-18(22-15(2)12-13-19(3,4)5)21-14-16-10-9-11-17(23-16)24(6)7/h9-11,15H,8,12-14H2,1-7H3,(H2,20,21,22). The highest BCUT2D eigenvalue weighted by Gasteiger charge is 2.13. The zero-order valence-electron chi connectivity index (χ0n) is 16.5. The fourth-order valence-electron chi connectivity index (χ4n) is 2.24. The quantitative estimate of drug-likeness (QED) is 0.593. The van der Waals surface area contributed by atoms with Gasteiger partial charge in [0.1, 0.15) is 5.82 Å². The average molecular weight is 334 g/mol. The number of aliphatic imine (C=N–C) groups is 1. The summed E-state index contributed by atoms with van der Waals surface area (Å²) in [6.07, 6.45) is 2.31. The molecule has 0 radical (unpaired) electrons. The number of rotatable bonds is 7. The number of guanidine groups is 1. The zero-order chi connectivity index (χ0) is 18.2. The molecule has 0 bridgehead atoms. The number of nitrogens with one attached hydrogen (secondary N) is 2. The van der Waals surface area contributed by atoms with Gasteiger partial charge in [0.2, 0.25) is 0 Å². The molecule has 1 unspecified atom stereocenters. The molecule has 0 aromatic carbocycles. The van der Waals surface area contributed by atoms with E-state index in [1.54, 1.807) is 0 Å². The molecule has 5 nitrogen and oxygen atoms in total. The van der Waals surface area contributed by atoms with Crippen molar-refractivity contribution in [2.75, 3.05) is 25.5 Å². The molecule has 2 N–H and O–H groups in total. The molecule has 136 valence electrons. The van der Waals surface area contributed by atoms with Gasteiger partial charge in [0.15, 0.2) is 5.96 Å². The molecular weight excluding hydrogens is 298 g/mol. The Kier molecular flexibility index (Phi) is 8.02. The van der Waals surface area contributed by atoms with Gasteiger partial charge in [0.05, 0.1) is 12.2 Å². The highest BCUT2D eigenvalue weighted by Crippen LogP contribution is 2.21. The molecule has 0 fully saturated rings. The Morgan fingerprint density at radius 1 is 1.29 bits per heavy atom. The number of pyridine rings is 1.